The van der Waals surface area contributed by atoms with Gasteiger partial charge in [0.05, 0.1) is 50.6 Å². The number of hydrogen-bond acceptors (Lipinski definition) is 8. The van der Waals surface area contributed by atoms with Gasteiger partial charge in [-0.3, -0.25) is 14.2 Å². The number of hydrogen-bond donors (Lipinski definition) is 1. The number of carbonyl (C=O) groups excluding carboxylic acids is 1. The van der Waals surface area contributed by atoms with Gasteiger partial charge in [-0.05, 0) is 30.2 Å². The molecule has 0 bridgehead atoms. The van der Waals surface area contributed by atoms with E-state index in [1.54, 1.807) is 30.9 Å². The number of methoxy groups -OCH3 is 4. The molecule has 1 aromatic heterocycles. The summed E-state index contributed by atoms with van der Waals surface area (Å²) in [6.07, 6.45) is 0.561. The maximum atomic E-state index is 13.7. The lowest BCUT2D eigenvalue weighted by molar-refractivity contribution is -0.120. The highest BCUT2D eigenvalue weighted by Crippen LogP contribution is 2.32. The zero-order valence-electron chi connectivity index (χ0n) is 20.6. The third-order valence-electron chi connectivity index (χ3n) is 5.44. The Morgan fingerprint density at radius 1 is 1.06 bits per heavy atom. The van der Waals surface area contributed by atoms with Crippen LogP contribution in [0.3, 0.4) is 0 Å². The predicted molar refractivity (Wildman–Crippen MR) is 136 cm³/mol. The van der Waals surface area contributed by atoms with Crippen molar-refractivity contribution < 1.29 is 23.7 Å². The van der Waals surface area contributed by atoms with Gasteiger partial charge in [0.15, 0.2) is 16.7 Å². The number of carbonyl (C=O) groups is 1. The number of rotatable bonds is 12. The lowest BCUT2D eigenvalue weighted by Crippen LogP contribution is -2.35. The zero-order chi connectivity index (χ0) is 25.4. The van der Waals surface area contributed by atoms with Crippen molar-refractivity contribution in [3.8, 4) is 17.2 Å². The molecule has 3 aromatic rings. The molecule has 0 aliphatic rings. The molecule has 0 saturated carbocycles. The van der Waals surface area contributed by atoms with Crippen LogP contribution in [0.2, 0.25) is 0 Å². The second kappa shape index (κ2) is 12.5. The Morgan fingerprint density at radius 3 is 2.34 bits per heavy atom. The largest absolute Gasteiger partial charge is 0.497 e. The molecule has 0 unspecified atom stereocenters. The zero-order valence-corrected chi connectivity index (χ0v) is 21.4. The molecule has 1 N–H and O–H groups in total. The van der Waals surface area contributed by atoms with Crippen LogP contribution in [-0.4, -0.2) is 62.3 Å². The highest BCUT2D eigenvalue weighted by molar-refractivity contribution is 8.00. The van der Waals surface area contributed by atoms with Crippen LogP contribution in [0.5, 0.6) is 17.2 Å². The smallest absolute Gasteiger partial charge is 0.262 e. The van der Waals surface area contributed by atoms with Crippen molar-refractivity contribution in [2.75, 3.05) is 41.6 Å². The maximum absolute atomic E-state index is 13.7. The molecular weight excluding hydrogens is 470 g/mol. The SMILES string of the molecule is CC[C@@H](Sc1nc2cc(OC)c(OC)cc2c(=O)n1Cc1ccc(OC)cc1)C(=O)NCCOC. The molecule has 0 radical (unpaired) electrons. The van der Waals surface area contributed by atoms with Gasteiger partial charge in [0.25, 0.3) is 5.56 Å². The van der Waals surface area contributed by atoms with Gasteiger partial charge in [-0.15, -0.1) is 0 Å². The van der Waals surface area contributed by atoms with Crippen LogP contribution < -0.4 is 25.1 Å². The fraction of sp³-hybridized carbons (Fsp3) is 0.400. The summed E-state index contributed by atoms with van der Waals surface area (Å²) < 4.78 is 22.6. The quantitative estimate of drug-likeness (QED) is 0.230. The second-order valence-corrected chi connectivity index (χ2v) is 8.83. The van der Waals surface area contributed by atoms with Crippen LogP contribution in [0, 0.1) is 0 Å². The van der Waals surface area contributed by atoms with Gasteiger partial charge < -0.3 is 24.3 Å². The molecule has 1 amide bonds. The van der Waals surface area contributed by atoms with E-state index < -0.39 is 5.25 Å². The topological polar surface area (TPSA) is 101 Å². The van der Waals surface area contributed by atoms with E-state index in [-0.39, 0.29) is 18.0 Å². The Balaban J connectivity index is 2.08. The summed E-state index contributed by atoms with van der Waals surface area (Å²) in [5.74, 6) is 1.51. The summed E-state index contributed by atoms with van der Waals surface area (Å²) in [6.45, 7) is 3.04. The average molecular weight is 502 g/mol. The molecule has 0 aliphatic heterocycles. The van der Waals surface area contributed by atoms with Crippen LogP contribution in [0.1, 0.15) is 18.9 Å². The molecule has 0 spiro atoms. The predicted octanol–water partition coefficient (Wildman–Crippen LogP) is 3.10. The van der Waals surface area contributed by atoms with E-state index in [0.717, 1.165) is 11.3 Å². The van der Waals surface area contributed by atoms with Crippen molar-refractivity contribution in [1.29, 1.82) is 0 Å². The average Bonchev–Trinajstić information content (AvgIpc) is 2.88. The minimum atomic E-state index is -0.432. The molecule has 0 saturated heterocycles. The summed E-state index contributed by atoms with van der Waals surface area (Å²) in [5.41, 5.74) is 1.13. The maximum Gasteiger partial charge on any atom is 0.262 e. The van der Waals surface area contributed by atoms with Crippen molar-refractivity contribution in [1.82, 2.24) is 14.9 Å². The van der Waals surface area contributed by atoms with Crippen molar-refractivity contribution in [2.45, 2.75) is 30.3 Å². The highest BCUT2D eigenvalue weighted by Gasteiger charge is 2.23. The molecular formula is C25H31N3O6S. The van der Waals surface area contributed by atoms with Crippen molar-refractivity contribution in [3.05, 3.63) is 52.3 Å². The van der Waals surface area contributed by atoms with E-state index in [9.17, 15) is 9.59 Å². The van der Waals surface area contributed by atoms with E-state index in [1.807, 2.05) is 31.2 Å². The first kappa shape index (κ1) is 26.4. The van der Waals surface area contributed by atoms with Gasteiger partial charge in [0.2, 0.25) is 5.91 Å². The molecule has 9 nitrogen and oxygen atoms in total. The minimum Gasteiger partial charge on any atom is -0.497 e. The molecule has 0 aliphatic carbocycles. The molecule has 0 fully saturated rings. The molecule has 10 heteroatoms. The monoisotopic (exact) mass is 501 g/mol. The Morgan fingerprint density at radius 2 is 1.74 bits per heavy atom. The molecule has 188 valence electrons. The lowest BCUT2D eigenvalue weighted by Gasteiger charge is -2.19. The van der Waals surface area contributed by atoms with Crippen molar-refractivity contribution >= 4 is 28.6 Å². The normalized spacial score (nSPS) is 11.8. The number of amides is 1. The summed E-state index contributed by atoms with van der Waals surface area (Å²) in [4.78, 5) is 31.2. The van der Waals surface area contributed by atoms with Crippen molar-refractivity contribution in [2.24, 2.45) is 0 Å². The number of ether oxygens (including phenoxy) is 4. The number of nitrogens with one attached hydrogen (secondary N) is 1. The first-order chi connectivity index (χ1) is 16.9. The van der Waals surface area contributed by atoms with Crippen LogP contribution in [-0.2, 0) is 16.1 Å². The number of aromatic nitrogens is 2. The lowest BCUT2D eigenvalue weighted by atomic mass is 10.2. The summed E-state index contributed by atoms with van der Waals surface area (Å²) in [5, 5.41) is 3.28. The van der Waals surface area contributed by atoms with E-state index >= 15 is 0 Å². The van der Waals surface area contributed by atoms with Gasteiger partial charge in [0.1, 0.15) is 5.75 Å². The number of thioether (sulfide) groups is 1. The summed E-state index contributed by atoms with van der Waals surface area (Å²) >= 11 is 1.26. The summed E-state index contributed by atoms with van der Waals surface area (Å²) in [7, 11) is 6.23. The van der Waals surface area contributed by atoms with Gasteiger partial charge >= 0.3 is 0 Å². The standard InChI is InChI=1S/C25H31N3O6S/c1-6-22(23(29)26-11-12-31-2)35-25-27-19-14-21(34-5)20(33-4)13-18(19)24(30)28(25)15-16-7-9-17(32-3)10-8-16/h7-10,13-14,22H,6,11-12,15H2,1-5H3,(H,26,29)/t22-/m1/s1. The van der Waals surface area contributed by atoms with Crippen LogP contribution >= 0.6 is 11.8 Å². The molecule has 2 aromatic carbocycles. The highest BCUT2D eigenvalue weighted by atomic mass is 32.2. The fourth-order valence-corrected chi connectivity index (χ4v) is 4.55. The Kier molecular flexibility index (Phi) is 9.39. The Labute approximate surface area is 208 Å². The third-order valence-corrected chi connectivity index (χ3v) is 6.79. The van der Waals surface area contributed by atoms with E-state index in [2.05, 4.69) is 5.32 Å². The van der Waals surface area contributed by atoms with Gasteiger partial charge in [-0.1, -0.05) is 30.8 Å². The van der Waals surface area contributed by atoms with Gasteiger partial charge in [-0.25, -0.2) is 4.98 Å². The Hall–Kier alpha value is -3.24. The van der Waals surface area contributed by atoms with Gasteiger partial charge in [0, 0.05) is 19.7 Å². The van der Waals surface area contributed by atoms with Crippen LogP contribution in [0.15, 0.2) is 46.3 Å². The van der Waals surface area contributed by atoms with E-state index in [1.165, 1.54) is 26.0 Å². The number of fused-ring (bicyclic) bond motifs is 1. The van der Waals surface area contributed by atoms with Gasteiger partial charge in [-0.2, -0.15) is 0 Å². The van der Waals surface area contributed by atoms with Crippen LogP contribution in [0.25, 0.3) is 10.9 Å². The van der Waals surface area contributed by atoms with E-state index in [0.29, 0.717) is 47.1 Å². The molecule has 1 atom stereocenters. The Bertz CT molecular complexity index is 1210. The second-order valence-electron chi connectivity index (χ2n) is 7.66. The summed E-state index contributed by atoms with van der Waals surface area (Å²) in [6, 6.07) is 10.8. The van der Waals surface area contributed by atoms with E-state index in [4.69, 9.17) is 23.9 Å². The fourth-order valence-electron chi connectivity index (χ4n) is 3.51. The first-order valence-electron chi connectivity index (χ1n) is 11.2. The number of nitrogens with zero attached hydrogens (tertiary/aromatic N) is 2. The molecule has 1 heterocycles. The first-order valence-corrected chi connectivity index (χ1v) is 12.1. The third kappa shape index (κ3) is 6.26. The van der Waals surface area contributed by atoms with Crippen molar-refractivity contribution in [3.63, 3.8) is 0 Å². The number of benzene rings is 2. The van der Waals surface area contributed by atoms with Crippen LogP contribution in [0.4, 0.5) is 0 Å². The minimum absolute atomic E-state index is 0.132. The molecule has 3 rings (SSSR count). The molecule has 35 heavy (non-hydrogen) atoms.